The van der Waals surface area contributed by atoms with Gasteiger partial charge in [0.05, 0.1) is 11.7 Å². The quantitative estimate of drug-likeness (QED) is 0.924. The summed E-state index contributed by atoms with van der Waals surface area (Å²) in [5, 5.41) is 6.76. The molecule has 1 N–H and O–H groups in total. The molecule has 1 aliphatic heterocycles. The molecular formula is C15H15FN2O2S. The van der Waals surface area contributed by atoms with E-state index in [0.717, 1.165) is 22.6 Å². The highest BCUT2D eigenvalue weighted by Gasteiger charge is 2.25. The number of halogens is 1. The molecule has 2 aromatic rings. The van der Waals surface area contributed by atoms with Crippen molar-refractivity contribution in [2.24, 2.45) is 0 Å². The van der Waals surface area contributed by atoms with Crippen LogP contribution >= 0.6 is 11.8 Å². The first-order chi connectivity index (χ1) is 10.1. The molecule has 1 amide bonds. The largest absolute Gasteiger partial charge is 0.361 e. The Morgan fingerprint density at radius 1 is 1.48 bits per heavy atom. The van der Waals surface area contributed by atoms with E-state index in [1.54, 1.807) is 31.7 Å². The average Bonchev–Trinajstić information content (AvgIpc) is 2.79. The minimum atomic E-state index is -0.284. The highest BCUT2D eigenvalue weighted by atomic mass is 32.2. The molecule has 4 nitrogen and oxygen atoms in total. The lowest BCUT2D eigenvalue weighted by atomic mass is 10.0. The van der Waals surface area contributed by atoms with Crippen LogP contribution in [0.25, 0.3) is 0 Å². The molecule has 2 heterocycles. The number of hydrogen-bond donors (Lipinski definition) is 1. The van der Waals surface area contributed by atoms with Crippen molar-refractivity contribution in [1.29, 1.82) is 0 Å². The second-order valence-corrected chi connectivity index (χ2v) is 6.18. The normalized spacial score (nSPS) is 17.4. The number of fused-ring (bicyclic) bond motifs is 1. The molecule has 0 aliphatic carbocycles. The number of carbonyl (C=O) groups excluding carboxylic acids is 1. The third-order valence-corrected chi connectivity index (χ3v) is 4.70. The Morgan fingerprint density at radius 3 is 3.00 bits per heavy atom. The Bertz CT molecular complexity index is 679. The molecule has 1 aliphatic rings. The van der Waals surface area contributed by atoms with E-state index >= 15 is 0 Å². The van der Waals surface area contributed by atoms with E-state index in [2.05, 4.69) is 10.5 Å². The van der Waals surface area contributed by atoms with Crippen LogP contribution in [0.4, 0.5) is 4.39 Å². The summed E-state index contributed by atoms with van der Waals surface area (Å²) in [5.41, 5.74) is 1.87. The number of benzene rings is 1. The Kier molecular flexibility index (Phi) is 3.71. The maximum Gasteiger partial charge on any atom is 0.257 e. The first-order valence-electron chi connectivity index (χ1n) is 6.72. The van der Waals surface area contributed by atoms with Gasteiger partial charge in [0, 0.05) is 10.6 Å². The molecule has 0 fully saturated rings. The van der Waals surface area contributed by atoms with E-state index in [1.165, 1.54) is 12.1 Å². The van der Waals surface area contributed by atoms with Gasteiger partial charge in [-0.25, -0.2) is 4.39 Å². The lowest BCUT2D eigenvalue weighted by Crippen LogP contribution is -2.31. The van der Waals surface area contributed by atoms with Crippen LogP contribution in [-0.2, 0) is 0 Å². The highest BCUT2D eigenvalue weighted by molar-refractivity contribution is 7.99. The molecule has 21 heavy (non-hydrogen) atoms. The molecule has 0 saturated carbocycles. The van der Waals surface area contributed by atoms with E-state index in [9.17, 15) is 9.18 Å². The Balaban J connectivity index is 1.87. The molecule has 110 valence electrons. The lowest BCUT2D eigenvalue weighted by Gasteiger charge is -2.26. The summed E-state index contributed by atoms with van der Waals surface area (Å²) in [6.45, 7) is 3.44. The Hall–Kier alpha value is -1.82. The van der Waals surface area contributed by atoms with Crippen molar-refractivity contribution < 1.29 is 13.7 Å². The number of nitrogens with zero attached hydrogens (tertiary/aromatic N) is 1. The van der Waals surface area contributed by atoms with Gasteiger partial charge < -0.3 is 9.84 Å². The molecule has 1 aromatic carbocycles. The fraction of sp³-hybridized carbons (Fsp3) is 0.333. The maximum atomic E-state index is 13.5. The predicted molar refractivity (Wildman–Crippen MR) is 77.9 cm³/mol. The van der Waals surface area contributed by atoms with Crippen LogP contribution in [0.1, 0.15) is 39.8 Å². The standard InChI is InChI=1S/C15H15FN2O2S/c1-8-14(9(2)20-18-8)15(19)17-12-5-6-21-13-4-3-10(16)7-11(12)13/h3-4,7,12H,5-6H2,1-2H3,(H,17,19)/t12-/m1/s1. The van der Waals surface area contributed by atoms with Crippen LogP contribution in [0.5, 0.6) is 0 Å². The third kappa shape index (κ3) is 2.68. The monoisotopic (exact) mass is 306 g/mol. The number of rotatable bonds is 2. The van der Waals surface area contributed by atoms with E-state index in [-0.39, 0.29) is 17.8 Å². The van der Waals surface area contributed by atoms with Gasteiger partial charge in [-0.1, -0.05) is 5.16 Å². The van der Waals surface area contributed by atoms with E-state index < -0.39 is 0 Å². The summed E-state index contributed by atoms with van der Waals surface area (Å²) in [7, 11) is 0. The highest BCUT2D eigenvalue weighted by Crippen LogP contribution is 2.36. The third-order valence-electron chi connectivity index (χ3n) is 3.58. The second kappa shape index (κ2) is 5.52. The van der Waals surface area contributed by atoms with Crippen molar-refractivity contribution in [2.45, 2.75) is 31.2 Å². The number of carbonyl (C=O) groups is 1. The average molecular weight is 306 g/mol. The second-order valence-electron chi connectivity index (χ2n) is 5.04. The van der Waals surface area contributed by atoms with Crippen LogP contribution in [0, 0.1) is 19.7 Å². The summed E-state index contributed by atoms with van der Waals surface area (Å²) in [4.78, 5) is 13.4. The summed E-state index contributed by atoms with van der Waals surface area (Å²) in [6, 6.07) is 4.53. The van der Waals surface area contributed by atoms with Gasteiger partial charge in [0.15, 0.2) is 0 Å². The van der Waals surface area contributed by atoms with Crippen molar-refractivity contribution >= 4 is 17.7 Å². The van der Waals surface area contributed by atoms with Crippen molar-refractivity contribution in [2.75, 3.05) is 5.75 Å². The number of thioether (sulfide) groups is 1. The van der Waals surface area contributed by atoms with Gasteiger partial charge in [0.2, 0.25) is 0 Å². The van der Waals surface area contributed by atoms with Crippen molar-refractivity contribution in [3.05, 3.63) is 46.6 Å². The Labute approximate surface area is 126 Å². The molecule has 1 aromatic heterocycles. The predicted octanol–water partition coefficient (Wildman–Crippen LogP) is 3.40. The van der Waals surface area contributed by atoms with Gasteiger partial charge in [-0.3, -0.25) is 4.79 Å². The van der Waals surface area contributed by atoms with Gasteiger partial charge in [-0.05, 0) is 44.0 Å². The van der Waals surface area contributed by atoms with Crippen molar-refractivity contribution in [1.82, 2.24) is 10.5 Å². The lowest BCUT2D eigenvalue weighted by molar-refractivity contribution is 0.0933. The zero-order valence-electron chi connectivity index (χ0n) is 11.8. The minimum Gasteiger partial charge on any atom is -0.361 e. The number of hydrogen-bond acceptors (Lipinski definition) is 4. The van der Waals surface area contributed by atoms with E-state index in [1.807, 2.05) is 0 Å². The van der Waals surface area contributed by atoms with Crippen LogP contribution in [-0.4, -0.2) is 16.8 Å². The van der Waals surface area contributed by atoms with Gasteiger partial charge >= 0.3 is 0 Å². The maximum absolute atomic E-state index is 13.5. The zero-order valence-corrected chi connectivity index (χ0v) is 12.6. The number of aromatic nitrogens is 1. The van der Waals surface area contributed by atoms with Gasteiger partial charge in [-0.15, -0.1) is 11.8 Å². The molecule has 1 atom stereocenters. The molecular weight excluding hydrogens is 291 g/mol. The molecule has 0 unspecified atom stereocenters. The first kappa shape index (κ1) is 14.1. The fourth-order valence-corrected chi connectivity index (χ4v) is 3.66. The summed E-state index contributed by atoms with van der Waals surface area (Å²) in [6.07, 6.45) is 0.774. The van der Waals surface area contributed by atoms with Gasteiger partial charge in [0.25, 0.3) is 5.91 Å². The molecule has 3 rings (SSSR count). The summed E-state index contributed by atoms with van der Waals surface area (Å²) in [5.74, 6) is 0.881. The molecule has 0 saturated heterocycles. The van der Waals surface area contributed by atoms with E-state index in [4.69, 9.17) is 4.52 Å². The zero-order chi connectivity index (χ0) is 15.0. The Morgan fingerprint density at radius 2 is 2.29 bits per heavy atom. The van der Waals surface area contributed by atoms with Gasteiger partial charge in [0.1, 0.15) is 17.1 Å². The molecule has 0 bridgehead atoms. The molecule has 0 radical (unpaired) electrons. The van der Waals surface area contributed by atoms with Crippen LogP contribution in [0.3, 0.4) is 0 Å². The smallest absolute Gasteiger partial charge is 0.257 e. The summed E-state index contributed by atoms with van der Waals surface area (Å²) < 4.78 is 18.5. The van der Waals surface area contributed by atoms with Crippen LogP contribution in [0.2, 0.25) is 0 Å². The van der Waals surface area contributed by atoms with Crippen LogP contribution < -0.4 is 5.32 Å². The van der Waals surface area contributed by atoms with Crippen molar-refractivity contribution in [3.8, 4) is 0 Å². The SMILES string of the molecule is Cc1noc(C)c1C(=O)N[C@@H]1CCSc2ccc(F)cc21. The molecule has 6 heteroatoms. The van der Waals surface area contributed by atoms with Gasteiger partial charge in [-0.2, -0.15) is 0 Å². The first-order valence-corrected chi connectivity index (χ1v) is 7.71. The minimum absolute atomic E-state index is 0.182. The fourth-order valence-electron chi connectivity index (χ4n) is 2.55. The molecule has 0 spiro atoms. The topological polar surface area (TPSA) is 55.1 Å². The van der Waals surface area contributed by atoms with E-state index in [0.29, 0.717) is 17.0 Å². The summed E-state index contributed by atoms with van der Waals surface area (Å²) >= 11 is 1.68. The number of nitrogens with one attached hydrogen (secondary N) is 1. The van der Waals surface area contributed by atoms with Crippen molar-refractivity contribution in [3.63, 3.8) is 0 Å². The number of aryl methyl sites for hydroxylation is 2. The van der Waals surface area contributed by atoms with Crippen LogP contribution in [0.15, 0.2) is 27.6 Å². The number of amides is 1.